The number of piperidine rings is 1. The molecule has 0 aliphatic carbocycles. The summed E-state index contributed by atoms with van der Waals surface area (Å²) in [6.07, 6.45) is 2.59. The SMILES string of the molecule is COc1ccc(C(Cl)CN2CCC(C)CC2)cc1C. The fourth-order valence-electron chi connectivity index (χ4n) is 2.67. The van der Waals surface area contributed by atoms with Crippen LogP contribution in [-0.2, 0) is 0 Å². The molecule has 2 nitrogen and oxygen atoms in total. The first-order valence-corrected chi connectivity index (χ1v) is 7.54. The van der Waals surface area contributed by atoms with E-state index in [0.717, 1.165) is 23.8 Å². The lowest BCUT2D eigenvalue weighted by Gasteiger charge is -2.31. The van der Waals surface area contributed by atoms with E-state index in [0.29, 0.717) is 0 Å². The number of halogens is 1. The molecule has 0 aromatic heterocycles. The number of alkyl halides is 1. The van der Waals surface area contributed by atoms with Crippen LogP contribution in [0.5, 0.6) is 5.75 Å². The van der Waals surface area contributed by atoms with Gasteiger partial charge in [-0.2, -0.15) is 0 Å². The maximum atomic E-state index is 6.56. The van der Waals surface area contributed by atoms with Crippen LogP contribution >= 0.6 is 11.6 Å². The highest BCUT2D eigenvalue weighted by Gasteiger charge is 2.19. The van der Waals surface area contributed by atoms with Crippen molar-refractivity contribution in [3.8, 4) is 5.75 Å². The predicted molar refractivity (Wildman–Crippen MR) is 81.2 cm³/mol. The number of benzene rings is 1. The second-order valence-corrected chi connectivity index (χ2v) is 6.21. The minimum Gasteiger partial charge on any atom is -0.496 e. The molecule has 1 atom stereocenters. The molecule has 1 heterocycles. The van der Waals surface area contributed by atoms with Crippen molar-refractivity contribution in [1.82, 2.24) is 4.90 Å². The van der Waals surface area contributed by atoms with Gasteiger partial charge in [-0.1, -0.05) is 19.1 Å². The third-order valence-corrected chi connectivity index (χ3v) is 4.47. The summed E-state index contributed by atoms with van der Waals surface area (Å²) in [5.41, 5.74) is 2.34. The van der Waals surface area contributed by atoms with Gasteiger partial charge >= 0.3 is 0 Å². The summed E-state index contributed by atoms with van der Waals surface area (Å²) in [6, 6.07) is 6.23. The van der Waals surface area contributed by atoms with E-state index in [2.05, 4.69) is 30.9 Å². The van der Waals surface area contributed by atoms with E-state index in [1.807, 2.05) is 6.07 Å². The molecule has 1 aromatic rings. The van der Waals surface area contributed by atoms with Crippen LogP contribution in [0.3, 0.4) is 0 Å². The van der Waals surface area contributed by atoms with Gasteiger partial charge in [0, 0.05) is 6.54 Å². The van der Waals surface area contributed by atoms with Gasteiger partial charge in [-0.05, 0) is 56.0 Å². The molecule has 1 unspecified atom stereocenters. The number of aryl methyl sites for hydroxylation is 1. The fraction of sp³-hybridized carbons (Fsp3) is 0.625. The van der Waals surface area contributed by atoms with Crippen LogP contribution in [0.2, 0.25) is 0 Å². The molecule has 0 N–H and O–H groups in total. The Kier molecular flexibility index (Phi) is 5.12. The van der Waals surface area contributed by atoms with Crippen molar-refractivity contribution in [2.45, 2.75) is 32.1 Å². The molecule has 1 aromatic carbocycles. The number of methoxy groups -OCH3 is 1. The summed E-state index contributed by atoms with van der Waals surface area (Å²) < 4.78 is 5.29. The fourth-order valence-corrected chi connectivity index (χ4v) is 3.00. The second kappa shape index (κ2) is 6.62. The number of ether oxygens (including phenoxy) is 1. The van der Waals surface area contributed by atoms with Gasteiger partial charge in [0.25, 0.3) is 0 Å². The first kappa shape index (κ1) is 14.7. The Labute approximate surface area is 121 Å². The Hall–Kier alpha value is -0.730. The Morgan fingerprint density at radius 1 is 1.37 bits per heavy atom. The molecule has 1 saturated heterocycles. The van der Waals surface area contributed by atoms with E-state index in [9.17, 15) is 0 Å². The lowest BCUT2D eigenvalue weighted by molar-refractivity contribution is 0.192. The van der Waals surface area contributed by atoms with Crippen LogP contribution in [-0.4, -0.2) is 31.6 Å². The van der Waals surface area contributed by atoms with Crippen molar-refractivity contribution < 1.29 is 4.74 Å². The van der Waals surface area contributed by atoms with E-state index in [1.54, 1.807) is 7.11 Å². The molecule has 0 amide bonds. The lowest BCUT2D eigenvalue weighted by atomic mass is 9.98. The van der Waals surface area contributed by atoms with Gasteiger partial charge in [-0.15, -0.1) is 11.6 Å². The quantitative estimate of drug-likeness (QED) is 0.773. The molecule has 2 rings (SSSR count). The van der Waals surface area contributed by atoms with Crippen LogP contribution in [0.1, 0.15) is 36.3 Å². The van der Waals surface area contributed by atoms with Crippen LogP contribution in [0.4, 0.5) is 0 Å². The third-order valence-electron chi connectivity index (χ3n) is 4.08. The molecular formula is C16H24ClNO. The summed E-state index contributed by atoms with van der Waals surface area (Å²) in [5.74, 6) is 1.80. The highest BCUT2D eigenvalue weighted by Crippen LogP contribution is 2.28. The zero-order valence-corrected chi connectivity index (χ0v) is 12.9. The maximum Gasteiger partial charge on any atom is 0.121 e. The number of hydrogen-bond acceptors (Lipinski definition) is 2. The van der Waals surface area contributed by atoms with Crippen LogP contribution in [0.25, 0.3) is 0 Å². The van der Waals surface area contributed by atoms with Gasteiger partial charge in [0.1, 0.15) is 5.75 Å². The first-order valence-electron chi connectivity index (χ1n) is 7.11. The largest absolute Gasteiger partial charge is 0.496 e. The smallest absolute Gasteiger partial charge is 0.121 e. The standard InChI is InChI=1S/C16H24ClNO/c1-12-6-8-18(9-7-12)11-15(17)14-4-5-16(19-3)13(2)10-14/h4-5,10,12,15H,6-9,11H2,1-3H3. The van der Waals surface area contributed by atoms with Crippen LogP contribution in [0, 0.1) is 12.8 Å². The summed E-state index contributed by atoms with van der Waals surface area (Å²) in [6.45, 7) is 7.70. The van der Waals surface area contributed by atoms with E-state index >= 15 is 0 Å². The highest BCUT2D eigenvalue weighted by atomic mass is 35.5. The molecule has 1 aliphatic heterocycles. The third kappa shape index (κ3) is 3.87. The summed E-state index contributed by atoms with van der Waals surface area (Å²) in [5, 5.41) is 0.0676. The van der Waals surface area contributed by atoms with Gasteiger partial charge in [0.15, 0.2) is 0 Å². The number of nitrogens with zero attached hydrogens (tertiary/aromatic N) is 1. The van der Waals surface area contributed by atoms with Gasteiger partial charge in [-0.25, -0.2) is 0 Å². The van der Waals surface area contributed by atoms with Crippen molar-refractivity contribution >= 4 is 11.6 Å². The number of likely N-dealkylation sites (tertiary alicyclic amines) is 1. The summed E-state index contributed by atoms with van der Waals surface area (Å²) >= 11 is 6.56. The Bertz CT molecular complexity index is 413. The Morgan fingerprint density at radius 3 is 2.63 bits per heavy atom. The second-order valence-electron chi connectivity index (χ2n) is 5.68. The molecule has 1 aliphatic rings. The normalized spacial score (nSPS) is 19.4. The molecule has 1 fully saturated rings. The molecule has 3 heteroatoms. The van der Waals surface area contributed by atoms with E-state index in [-0.39, 0.29) is 5.38 Å². The lowest BCUT2D eigenvalue weighted by Crippen LogP contribution is -2.35. The minimum atomic E-state index is 0.0676. The first-order chi connectivity index (χ1) is 9.10. The van der Waals surface area contributed by atoms with Gasteiger partial charge in [0.2, 0.25) is 0 Å². The average molecular weight is 282 g/mol. The molecule has 0 spiro atoms. The van der Waals surface area contributed by atoms with Crippen LogP contribution < -0.4 is 4.74 Å². The molecule has 0 radical (unpaired) electrons. The zero-order chi connectivity index (χ0) is 13.8. The average Bonchev–Trinajstić information content (AvgIpc) is 2.41. The van der Waals surface area contributed by atoms with E-state index in [1.165, 1.54) is 31.5 Å². The van der Waals surface area contributed by atoms with Gasteiger partial charge < -0.3 is 9.64 Å². The summed E-state index contributed by atoms with van der Waals surface area (Å²) in [7, 11) is 1.70. The van der Waals surface area contributed by atoms with Gasteiger partial charge in [-0.3, -0.25) is 0 Å². The highest BCUT2D eigenvalue weighted by molar-refractivity contribution is 6.21. The minimum absolute atomic E-state index is 0.0676. The van der Waals surface area contributed by atoms with Crippen molar-refractivity contribution in [3.63, 3.8) is 0 Å². The molecule has 106 valence electrons. The van der Waals surface area contributed by atoms with Crippen molar-refractivity contribution in [3.05, 3.63) is 29.3 Å². The number of hydrogen-bond donors (Lipinski definition) is 0. The Morgan fingerprint density at radius 2 is 2.05 bits per heavy atom. The van der Waals surface area contributed by atoms with Crippen LogP contribution in [0.15, 0.2) is 18.2 Å². The van der Waals surface area contributed by atoms with Gasteiger partial charge in [0.05, 0.1) is 12.5 Å². The van der Waals surface area contributed by atoms with E-state index in [4.69, 9.17) is 16.3 Å². The van der Waals surface area contributed by atoms with Crippen molar-refractivity contribution in [2.75, 3.05) is 26.7 Å². The van der Waals surface area contributed by atoms with Crippen molar-refractivity contribution in [2.24, 2.45) is 5.92 Å². The summed E-state index contributed by atoms with van der Waals surface area (Å²) in [4.78, 5) is 2.48. The molecule has 0 bridgehead atoms. The topological polar surface area (TPSA) is 12.5 Å². The van der Waals surface area contributed by atoms with E-state index < -0.39 is 0 Å². The molecule has 0 saturated carbocycles. The predicted octanol–water partition coefficient (Wildman–Crippen LogP) is 4.02. The molecular weight excluding hydrogens is 258 g/mol. The molecule has 19 heavy (non-hydrogen) atoms. The number of rotatable bonds is 4. The maximum absolute atomic E-state index is 6.56. The zero-order valence-electron chi connectivity index (χ0n) is 12.2. The monoisotopic (exact) mass is 281 g/mol. The van der Waals surface area contributed by atoms with Crippen molar-refractivity contribution in [1.29, 1.82) is 0 Å². The Balaban J connectivity index is 1.96.